The van der Waals surface area contributed by atoms with Crippen LogP contribution in [0.3, 0.4) is 0 Å². The Bertz CT molecular complexity index is 1040. The first-order valence-corrected chi connectivity index (χ1v) is 7.49. The number of nitrogens with one attached hydrogen (secondary N) is 2. The van der Waals surface area contributed by atoms with Crippen LogP contribution in [0.4, 0.5) is 0 Å². The smallest absolute Gasteiger partial charge is 0.228 e. The minimum atomic E-state index is 0.628. The lowest BCUT2D eigenvalue weighted by atomic mass is 10.1. The van der Waals surface area contributed by atoms with Crippen molar-refractivity contribution in [3.63, 3.8) is 0 Å². The van der Waals surface area contributed by atoms with E-state index >= 15 is 0 Å². The van der Waals surface area contributed by atoms with Gasteiger partial charge in [0.15, 0.2) is 0 Å². The number of aromatic nitrogens is 3. The van der Waals surface area contributed by atoms with Crippen molar-refractivity contribution in [2.45, 2.75) is 0 Å². The molecule has 110 valence electrons. The number of rotatable bonds is 2. The molecule has 0 amide bonds. The van der Waals surface area contributed by atoms with Crippen molar-refractivity contribution < 1.29 is 4.42 Å². The molecule has 0 bridgehead atoms. The van der Waals surface area contributed by atoms with E-state index in [1.807, 2.05) is 42.7 Å². The molecule has 4 nitrogen and oxygen atoms in total. The van der Waals surface area contributed by atoms with Crippen molar-refractivity contribution in [2.24, 2.45) is 0 Å². The molecule has 4 heteroatoms. The predicted octanol–water partition coefficient (Wildman–Crippen LogP) is 4.97. The number of nitrogens with zero attached hydrogens (tertiary/aromatic N) is 1. The van der Waals surface area contributed by atoms with E-state index in [0.29, 0.717) is 5.89 Å². The van der Waals surface area contributed by atoms with Crippen LogP contribution in [0.5, 0.6) is 0 Å². The lowest BCUT2D eigenvalue weighted by molar-refractivity contribution is 0.575. The quantitative estimate of drug-likeness (QED) is 0.483. The van der Waals surface area contributed by atoms with Crippen LogP contribution in [0.25, 0.3) is 44.5 Å². The van der Waals surface area contributed by atoms with Gasteiger partial charge in [-0.1, -0.05) is 36.4 Å². The maximum absolute atomic E-state index is 5.74. The Labute approximate surface area is 131 Å². The lowest BCUT2D eigenvalue weighted by Crippen LogP contribution is -1.78. The highest BCUT2D eigenvalue weighted by atomic mass is 16.3. The fraction of sp³-hybridized carbons (Fsp3) is 0. The van der Waals surface area contributed by atoms with Crippen LogP contribution in [-0.4, -0.2) is 15.0 Å². The number of fused-ring (bicyclic) bond motifs is 2. The third-order valence-corrected chi connectivity index (χ3v) is 4.19. The first-order valence-electron chi connectivity index (χ1n) is 7.49. The zero-order valence-electron chi connectivity index (χ0n) is 12.2. The standard InChI is InChI=1S/C19H13N3O/c1-3-7-16-12(5-1)14(9-20-16)18-11-23-19(22-18)15-10-21-17-8-4-2-6-13(15)17/h1-11,20-21H. The van der Waals surface area contributed by atoms with Crippen molar-refractivity contribution in [3.8, 4) is 22.7 Å². The lowest BCUT2D eigenvalue weighted by Gasteiger charge is -1.93. The van der Waals surface area contributed by atoms with Gasteiger partial charge in [-0.15, -0.1) is 0 Å². The van der Waals surface area contributed by atoms with Gasteiger partial charge in [0.05, 0.1) is 5.56 Å². The van der Waals surface area contributed by atoms with E-state index in [0.717, 1.165) is 38.6 Å². The van der Waals surface area contributed by atoms with Crippen molar-refractivity contribution in [1.82, 2.24) is 15.0 Å². The average Bonchev–Trinajstić information content (AvgIpc) is 3.31. The third-order valence-electron chi connectivity index (χ3n) is 4.19. The van der Waals surface area contributed by atoms with Gasteiger partial charge < -0.3 is 14.4 Å². The Kier molecular flexibility index (Phi) is 2.46. The molecule has 5 rings (SSSR count). The Morgan fingerprint density at radius 2 is 1.35 bits per heavy atom. The van der Waals surface area contributed by atoms with Gasteiger partial charge in [0.25, 0.3) is 0 Å². The van der Waals surface area contributed by atoms with Gasteiger partial charge in [-0.3, -0.25) is 0 Å². The summed E-state index contributed by atoms with van der Waals surface area (Å²) in [7, 11) is 0. The molecule has 23 heavy (non-hydrogen) atoms. The van der Waals surface area contributed by atoms with Gasteiger partial charge in [0, 0.05) is 39.8 Å². The van der Waals surface area contributed by atoms with Crippen LogP contribution in [0.15, 0.2) is 71.6 Å². The summed E-state index contributed by atoms with van der Waals surface area (Å²) >= 11 is 0. The van der Waals surface area contributed by atoms with E-state index < -0.39 is 0 Å². The summed E-state index contributed by atoms with van der Waals surface area (Å²) in [5.74, 6) is 0.628. The van der Waals surface area contributed by atoms with Crippen LogP contribution < -0.4 is 0 Å². The maximum atomic E-state index is 5.74. The monoisotopic (exact) mass is 299 g/mol. The summed E-state index contributed by atoms with van der Waals surface area (Å²) in [5.41, 5.74) is 5.04. The van der Waals surface area contributed by atoms with Crippen molar-refractivity contribution in [1.29, 1.82) is 0 Å². The van der Waals surface area contributed by atoms with E-state index in [1.54, 1.807) is 6.26 Å². The molecule has 3 heterocycles. The summed E-state index contributed by atoms with van der Waals surface area (Å²) in [6, 6.07) is 16.3. The SMILES string of the molecule is c1ccc2c(-c3coc(-c4c[nH]c5ccccc45)n3)c[nH]c2c1. The zero-order chi connectivity index (χ0) is 15.2. The molecule has 0 atom stereocenters. The molecular formula is C19H13N3O. The molecular weight excluding hydrogens is 286 g/mol. The topological polar surface area (TPSA) is 57.6 Å². The highest BCUT2D eigenvalue weighted by Crippen LogP contribution is 2.32. The summed E-state index contributed by atoms with van der Waals surface area (Å²) in [6.45, 7) is 0. The number of para-hydroxylation sites is 2. The van der Waals surface area contributed by atoms with Crippen LogP contribution in [-0.2, 0) is 0 Å². The molecule has 5 aromatic rings. The second kappa shape index (κ2) is 4.61. The Hall–Kier alpha value is -3.27. The number of aromatic amines is 2. The Balaban J connectivity index is 1.66. The second-order valence-electron chi connectivity index (χ2n) is 5.53. The van der Waals surface area contributed by atoms with E-state index in [-0.39, 0.29) is 0 Å². The maximum Gasteiger partial charge on any atom is 0.228 e. The van der Waals surface area contributed by atoms with Gasteiger partial charge >= 0.3 is 0 Å². The molecule has 0 spiro atoms. The van der Waals surface area contributed by atoms with Crippen molar-refractivity contribution in [2.75, 3.05) is 0 Å². The fourth-order valence-corrected chi connectivity index (χ4v) is 3.05. The van der Waals surface area contributed by atoms with Crippen LogP contribution >= 0.6 is 0 Å². The third kappa shape index (κ3) is 1.82. The molecule has 2 N–H and O–H groups in total. The first kappa shape index (κ1) is 12.3. The minimum absolute atomic E-state index is 0.628. The average molecular weight is 299 g/mol. The molecule has 0 aliphatic carbocycles. The van der Waals surface area contributed by atoms with Crippen LogP contribution in [0.2, 0.25) is 0 Å². The molecule has 0 fully saturated rings. The fourth-order valence-electron chi connectivity index (χ4n) is 3.05. The molecule has 0 aliphatic rings. The van der Waals surface area contributed by atoms with Crippen LogP contribution in [0.1, 0.15) is 0 Å². The van der Waals surface area contributed by atoms with Gasteiger partial charge in [-0.05, 0) is 12.1 Å². The minimum Gasteiger partial charge on any atom is -0.444 e. The Morgan fingerprint density at radius 3 is 2.09 bits per heavy atom. The predicted molar refractivity (Wildman–Crippen MR) is 91.1 cm³/mol. The van der Waals surface area contributed by atoms with E-state index in [4.69, 9.17) is 4.42 Å². The highest BCUT2D eigenvalue weighted by molar-refractivity contribution is 5.96. The zero-order valence-corrected chi connectivity index (χ0v) is 12.2. The number of benzene rings is 2. The van der Waals surface area contributed by atoms with Crippen LogP contribution in [0, 0.1) is 0 Å². The molecule has 0 saturated heterocycles. The highest BCUT2D eigenvalue weighted by Gasteiger charge is 2.14. The summed E-state index contributed by atoms with van der Waals surface area (Å²) in [6.07, 6.45) is 5.63. The van der Waals surface area contributed by atoms with Gasteiger partial charge in [-0.2, -0.15) is 0 Å². The molecule has 0 saturated carbocycles. The van der Waals surface area contributed by atoms with E-state index in [2.05, 4.69) is 33.2 Å². The Morgan fingerprint density at radius 1 is 0.739 bits per heavy atom. The molecule has 2 aromatic carbocycles. The normalized spacial score (nSPS) is 11.5. The van der Waals surface area contributed by atoms with Crippen molar-refractivity contribution in [3.05, 3.63) is 67.2 Å². The summed E-state index contributed by atoms with van der Waals surface area (Å²) < 4.78 is 5.74. The molecule has 3 aromatic heterocycles. The largest absolute Gasteiger partial charge is 0.444 e. The molecule has 0 aliphatic heterocycles. The summed E-state index contributed by atoms with van der Waals surface area (Å²) in [5, 5.41) is 2.26. The van der Waals surface area contributed by atoms with E-state index in [9.17, 15) is 0 Å². The van der Waals surface area contributed by atoms with Gasteiger partial charge in [-0.25, -0.2) is 4.98 Å². The van der Waals surface area contributed by atoms with Crippen molar-refractivity contribution >= 4 is 21.8 Å². The number of oxazole rings is 1. The van der Waals surface area contributed by atoms with Gasteiger partial charge in [0.1, 0.15) is 12.0 Å². The summed E-state index contributed by atoms with van der Waals surface area (Å²) in [4.78, 5) is 11.2. The molecule has 0 unspecified atom stereocenters. The van der Waals surface area contributed by atoms with Gasteiger partial charge in [0.2, 0.25) is 5.89 Å². The molecule has 0 radical (unpaired) electrons. The number of hydrogen-bond donors (Lipinski definition) is 2. The first-order chi connectivity index (χ1) is 11.4. The number of H-pyrrole nitrogens is 2. The number of hydrogen-bond acceptors (Lipinski definition) is 2. The van der Waals surface area contributed by atoms with E-state index in [1.165, 1.54) is 0 Å². The second-order valence-corrected chi connectivity index (χ2v) is 5.53.